The van der Waals surface area contributed by atoms with Crippen LogP contribution in [0.3, 0.4) is 0 Å². The van der Waals surface area contributed by atoms with E-state index in [0.29, 0.717) is 6.04 Å². The van der Waals surface area contributed by atoms with Crippen molar-refractivity contribution in [2.45, 2.75) is 32.4 Å². The van der Waals surface area contributed by atoms with Gasteiger partial charge in [0.05, 0.1) is 13.2 Å². The van der Waals surface area contributed by atoms with E-state index in [9.17, 15) is 4.39 Å². The molecular formula is C16H25FN2O. The smallest absolute Gasteiger partial charge is 0.128 e. The van der Waals surface area contributed by atoms with E-state index in [-0.39, 0.29) is 11.9 Å². The van der Waals surface area contributed by atoms with Crippen LogP contribution in [-0.4, -0.2) is 43.8 Å². The van der Waals surface area contributed by atoms with Crippen LogP contribution >= 0.6 is 0 Å². The van der Waals surface area contributed by atoms with Crippen molar-refractivity contribution in [3.05, 3.63) is 35.6 Å². The van der Waals surface area contributed by atoms with Crippen LogP contribution in [0, 0.1) is 5.82 Å². The molecule has 0 radical (unpaired) electrons. The van der Waals surface area contributed by atoms with Gasteiger partial charge in [-0.1, -0.05) is 25.1 Å². The first-order valence-corrected chi connectivity index (χ1v) is 7.52. The third kappa shape index (κ3) is 4.01. The Morgan fingerprint density at radius 3 is 2.95 bits per heavy atom. The molecule has 0 amide bonds. The van der Waals surface area contributed by atoms with Crippen molar-refractivity contribution < 1.29 is 9.13 Å². The molecule has 1 N–H and O–H groups in total. The molecule has 1 aromatic rings. The molecule has 0 aromatic heterocycles. The van der Waals surface area contributed by atoms with Crippen LogP contribution in [0.25, 0.3) is 0 Å². The second-order valence-electron chi connectivity index (χ2n) is 5.45. The molecular weight excluding hydrogens is 255 g/mol. The largest absolute Gasteiger partial charge is 0.379 e. The number of hydrogen-bond acceptors (Lipinski definition) is 3. The van der Waals surface area contributed by atoms with E-state index in [1.165, 1.54) is 0 Å². The molecule has 1 aliphatic heterocycles. The lowest BCUT2D eigenvalue weighted by Gasteiger charge is -2.36. The van der Waals surface area contributed by atoms with Crippen LogP contribution in [0.4, 0.5) is 4.39 Å². The predicted molar refractivity (Wildman–Crippen MR) is 79.3 cm³/mol. The van der Waals surface area contributed by atoms with Gasteiger partial charge in [-0.2, -0.15) is 0 Å². The van der Waals surface area contributed by atoms with Crippen LogP contribution in [0.5, 0.6) is 0 Å². The third-order valence-electron chi connectivity index (χ3n) is 3.84. The van der Waals surface area contributed by atoms with Crippen molar-refractivity contribution in [2.75, 3.05) is 32.8 Å². The molecule has 0 spiro atoms. The summed E-state index contributed by atoms with van der Waals surface area (Å²) in [5.41, 5.74) is 0.764. The van der Waals surface area contributed by atoms with Gasteiger partial charge in [0.15, 0.2) is 0 Å². The molecule has 4 heteroatoms. The van der Waals surface area contributed by atoms with Crippen LogP contribution in [-0.2, 0) is 4.74 Å². The lowest BCUT2D eigenvalue weighted by atomic mass is 10.0. The van der Waals surface area contributed by atoms with Gasteiger partial charge >= 0.3 is 0 Å². The summed E-state index contributed by atoms with van der Waals surface area (Å²) in [6.07, 6.45) is 1.05. The zero-order valence-corrected chi connectivity index (χ0v) is 12.4. The van der Waals surface area contributed by atoms with Gasteiger partial charge in [0, 0.05) is 30.7 Å². The minimum atomic E-state index is -0.123. The molecule has 0 bridgehead atoms. The molecule has 2 unspecified atom stereocenters. The van der Waals surface area contributed by atoms with Gasteiger partial charge in [0.2, 0.25) is 0 Å². The van der Waals surface area contributed by atoms with Crippen molar-refractivity contribution in [3.8, 4) is 0 Å². The predicted octanol–water partition coefficient (Wildman–Crippen LogP) is 2.59. The van der Waals surface area contributed by atoms with Crippen LogP contribution in [0.2, 0.25) is 0 Å². The molecule has 0 saturated carbocycles. The van der Waals surface area contributed by atoms with Crippen LogP contribution in [0.15, 0.2) is 24.3 Å². The minimum Gasteiger partial charge on any atom is -0.379 e. The van der Waals surface area contributed by atoms with Gasteiger partial charge in [-0.15, -0.1) is 0 Å². The summed E-state index contributed by atoms with van der Waals surface area (Å²) in [6, 6.07) is 7.50. The first-order valence-electron chi connectivity index (χ1n) is 7.52. The van der Waals surface area contributed by atoms with Gasteiger partial charge in [0.25, 0.3) is 0 Å². The van der Waals surface area contributed by atoms with E-state index < -0.39 is 0 Å². The van der Waals surface area contributed by atoms with Crippen molar-refractivity contribution in [3.63, 3.8) is 0 Å². The fourth-order valence-corrected chi connectivity index (χ4v) is 2.62. The van der Waals surface area contributed by atoms with Crippen LogP contribution < -0.4 is 5.32 Å². The summed E-state index contributed by atoms with van der Waals surface area (Å²) < 4.78 is 19.5. The fourth-order valence-electron chi connectivity index (χ4n) is 2.62. The van der Waals surface area contributed by atoms with Crippen molar-refractivity contribution in [2.24, 2.45) is 0 Å². The molecule has 0 aliphatic carbocycles. The highest BCUT2D eigenvalue weighted by Crippen LogP contribution is 2.20. The Hall–Kier alpha value is -0.970. The summed E-state index contributed by atoms with van der Waals surface area (Å²) in [5, 5.41) is 3.47. The zero-order valence-electron chi connectivity index (χ0n) is 12.4. The Labute approximate surface area is 121 Å². The van der Waals surface area contributed by atoms with E-state index in [0.717, 1.165) is 44.8 Å². The number of nitrogens with zero attached hydrogens (tertiary/aromatic N) is 1. The Morgan fingerprint density at radius 2 is 2.25 bits per heavy atom. The molecule has 1 heterocycles. The van der Waals surface area contributed by atoms with Gasteiger partial charge in [-0.05, 0) is 26.0 Å². The highest BCUT2D eigenvalue weighted by molar-refractivity contribution is 5.21. The highest BCUT2D eigenvalue weighted by atomic mass is 19.1. The van der Waals surface area contributed by atoms with E-state index in [1.54, 1.807) is 12.1 Å². The Bertz CT molecular complexity index is 413. The second-order valence-corrected chi connectivity index (χ2v) is 5.45. The number of nitrogens with one attached hydrogen (secondary N) is 1. The molecule has 2 atom stereocenters. The molecule has 2 rings (SSSR count). The Balaban J connectivity index is 2.09. The fraction of sp³-hybridized carbons (Fsp3) is 0.625. The monoisotopic (exact) mass is 280 g/mol. The zero-order chi connectivity index (χ0) is 14.4. The third-order valence-corrected chi connectivity index (χ3v) is 3.84. The van der Waals surface area contributed by atoms with Crippen LogP contribution in [0.1, 0.15) is 31.9 Å². The van der Waals surface area contributed by atoms with Gasteiger partial charge in [0.1, 0.15) is 5.82 Å². The molecule has 1 aliphatic rings. The van der Waals surface area contributed by atoms with Gasteiger partial charge in [-0.25, -0.2) is 4.39 Å². The number of ether oxygens (including phenoxy) is 1. The number of halogens is 1. The highest BCUT2D eigenvalue weighted by Gasteiger charge is 2.24. The molecule has 1 fully saturated rings. The minimum absolute atomic E-state index is 0.0386. The number of hydrogen-bond donors (Lipinski definition) is 1. The summed E-state index contributed by atoms with van der Waals surface area (Å²) in [7, 11) is 0. The van der Waals surface area contributed by atoms with Crippen molar-refractivity contribution in [1.82, 2.24) is 10.2 Å². The number of benzene rings is 1. The summed E-state index contributed by atoms with van der Waals surface area (Å²) in [4.78, 5) is 2.38. The lowest BCUT2D eigenvalue weighted by Crippen LogP contribution is -2.47. The van der Waals surface area contributed by atoms with E-state index in [1.807, 2.05) is 12.1 Å². The van der Waals surface area contributed by atoms with E-state index in [2.05, 4.69) is 24.1 Å². The standard InChI is InChI=1S/C16H25FN2O/c1-3-8-18-16(14-6-4-5-7-15(14)17)11-19-9-10-20-12-13(19)2/h4-7,13,16,18H,3,8-12H2,1-2H3. The SMILES string of the molecule is CCCNC(CN1CCOCC1C)c1ccccc1F. The average molecular weight is 280 g/mol. The quantitative estimate of drug-likeness (QED) is 0.867. The summed E-state index contributed by atoms with van der Waals surface area (Å²) in [5.74, 6) is -0.123. The number of morpholine rings is 1. The molecule has 1 saturated heterocycles. The second kappa shape index (κ2) is 7.72. The van der Waals surface area contributed by atoms with E-state index >= 15 is 0 Å². The normalized spacial score (nSPS) is 21.9. The topological polar surface area (TPSA) is 24.5 Å². The Morgan fingerprint density at radius 1 is 1.45 bits per heavy atom. The summed E-state index contributed by atoms with van der Waals surface area (Å²) in [6.45, 7) is 8.46. The first-order chi connectivity index (χ1) is 9.72. The maximum atomic E-state index is 14.0. The molecule has 112 valence electrons. The maximum Gasteiger partial charge on any atom is 0.128 e. The average Bonchev–Trinajstić information content (AvgIpc) is 2.46. The molecule has 1 aromatic carbocycles. The van der Waals surface area contributed by atoms with Gasteiger partial charge < -0.3 is 10.1 Å². The van der Waals surface area contributed by atoms with Crippen molar-refractivity contribution in [1.29, 1.82) is 0 Å². The van der Waals surface area contributed by atoms with Crippen molar-refractivity contribution >= 4 is 0 Å². The Kier molecular flexibility index (Phi) is 5.95. The molecule has 3 nitrogen and oxygen atoms in total. The first kappa shape index (κ1) is 15.4. The number of rotatable bonds is 6. The van der Waals surface area contributed by atoms with E-state index in [4.69, 9.17) is 4.74 Å². The van der Waals surface area contributed by atoms with Gasteiger partial charge in [-0.3, -0.25) is 4.90 Å². The lowest BCUT2D eigenvalue weighted by molar-refractivity contribution is -0.00462. The summed E-state index contributed by atoms with van der Waals surface area (Å²) >= 11 is 0. The molecule has 20 heavy (non-hydrogen) atoms. The maximum absolute atomic E-state index is 14.0.